The third-order valence-electron chi connectivity index (χ3n) is 3.71. The minimum atomic E-state index is 0.681. The molecule has 120 valence electrons. The van der Waals surface area contributed by atoms with Crippen LogP contribution < -0.4 is 0 Å². The minimum Gasteiger partial charge on any atom is -0.359 e. The van der Waals surface area contributed by atoms with Crippen LogP contribution in [-0.2, 0) is 13.1 Å². The lowest BCUT2D eigenvalue weighted by atomic mass is 10.2. The molecule has 4 aromatic rings. The molecule has 0 aliphatic rings. The Hall–Kier alpha value is -2.64. The fourth-order valence-corrected chi connectivity index (χ4v) is 3.11. The van der Waals surface area contributed by atoms with Crippen LogP contribution in [0.15, 0.2) is 53.3 Å². The average molecular weight is 337 g/mol. The standard InChI is InChI=1S/C17H15N5OS/c1-22(10-12-4-5-15-17(7-12)21-24-20-15)11-14-8-16(19-23-14)13-3-2-6-18-9-13/h2-9H,10-11H2,1H3. The Morgan fingerprint density at radius 3 is 2.88 bits per heavy atom. The maximum atomic E-state index is 5.45. The van der Waals surface area contributed by atoms with Gasteiger partial charge in [-0.05, 0) is 36.9 Å². The summed E-state index contributed by atoms with van der Waals surface area (Å²) in [6, 6.07) is 12.0. The van der Waals surface area contributed by atoms with Crippen LogP contribution in [0.5, 0.6) is 0 Å². The van der Waals surface area contributed by atoms with Crippen molar-refractivity contribution in [1.82, 2.24) is 23.8 Å². The van der Waals surface area contributed by atoms with Gasteiger partial charge in [-0.25, -0.2) is 0 Å². The van der Waals surface area contributed by atoms with Crippen molar-refractivity contribution in [3.05, 3.63) is 60.1 Å². The molecular weight excluding hydrogens is 322 g/mol. The fraction of sp³-hybridized carbons (Fsp3) is 0.176. The van der Waals surface area contributed by atoms with E-state index < -0.39 is 0 Å². The van der Waals surface area contributed by atoms with Gasteiger partial charge in [-0.3, -0.25) is 9.88 Å². The first-order valence-corrected chi connectivity index (χ1v) is 8.27. The maximum Gasteiger partial charge on any atom is 0.151 e. The molecule has 0 aliphatic heterocycles. The fourth-order valence-electron chi connectivity index (χ4n) is 2.60. The number of fused-ring (bicyclic) bond motifs is 1. The molecule has 0 fully saturated rings. The van der Waals surface area contributed by atoms with Crippen molar-refractivity contribution in [2.75, 3.05) is 7.05 Å². The average Bonchev–Trinajstić information content (AvgIpc) is 3.24. The Morgan fingerprint density at radius 1 is 1.08 bits per heavy atom. The van der Waals surface area contributed by atoms with Gasteiger partial charge in [0, 0.05) is 30.6 Å². The van der Waals surface area contributed by atoms with Crippen LogP contribution in [0, 0.1) is 0 Å². The number of benzene rings is 1. The summed E-state index contributed by atoms with van der Waals surface area (Å²) in [7, 11) is 2.05. The number of aromatic nitrogens is 4. The molecule has 0 radical (unpaired) electrons. The molecule has 3 heterocycles. The zero-order valence-electron chi connectivity index (χ0n) is 13.1. The van der Waals surface area contributed by atoms with Crippen LogP contribution in [-0.4, -0.2) is 30.8 Å². The summed E-state index contributed by atoms with van der Waals surface area (Å²) in [5.74, 6) is 0.827. The maximum absolute atomic E-state index is 5.45. The molecule has 0 saturated heterocycles. The molecule has 4 rings (SSSR count). The van der Waals surface area contributed by atoms with E-state index in [4.69, 9.17) is 4.52 Å². The summed E-state index contributed by atoms with van der Waals surface area (Å²) in [5, 5.41) is 4.12. The predicted octanol–water partition coefficient (Wildman–Crippen LogP) is 3.37. The molecule has 0 saturated carbocycles. The van der Waals surface area contributed by atoms with Crippen molar-refractivity contribution in [3.8, 4) is 11.3 Å². The van der Waals surface area contributed by atoms with Crippen LogP contribution in [0.1, 0.15) is 11.3 Å². The van der Waals surface area contributed by atoms with Gasteiger partial charge in [0.2, 0.25) is 0 Å². The second-order valence-electron chi connectivity index (χ2n) is 5.68. The largest absolute Gasteiger partial charge is 0.359 e. The van der Waals surface area contributed by atoms with Gasteiger partial charge in [0.05, 0.1) is 18.3 Å². The van der Waals surface area contributed by atoms with Gasteiger partial charge < -0.3 is 4.52 Å². The van der Waals surface area contributed by atoms with Crippen LogP contribution in [0.3, 0.4) is 0 Å². The second-order valence-corrected chi connectivity index (χ2v) is 6.21. The summed E-state index contributed by atoms with van der Waals surface area (Å²) >= 11 is 1.24. The van der Waals surface area contributed by atoms with Crippen LogP contribution >= 0.6 is 11.7 Å². The highest BCUT2D eigenvalue weighted by Gasteiger charge is 2.10. The van der Waals surface area contributed by atoms with Crippen molar-refractivity contribution in [2.45, 2.75) is 13.1 Å². The van der Waals surface area contributed by atoms with E-state index in [-0.39, 0.29) is 0 Å². The molecule has 24 heavy (non-hydrogen) atoms. The van der Waals surface area contributed by atoms with Crippen molar-refractivity contribution >= 4 is 22.8 Å². The van der Waals surface area contributed by atoms with E-state index in [0.29, 0.717) is 6.54 Å². The molecular formula is C17H15N5OS. The quantitative estimate of drug-likeness (QED) is 0.556. The third kappa shape index (κ3) is 3.17. The predicted molar refractivity (Wildman–Crippen MR) is 92.3 cm³/mol. The third-order valence-corrected chi connectivity index (χ3v) is 4.27. The normalized spacial score (nSPS) is 11.4. The Bertz CT molecular complexity index is 950. The second kappa shape index (κ2) is 6.46. The molecule has 0 bridgehead atoms. The monoisotopic (exact) mass is 337 g/mol. The van der Waals surface area contributed by atoms with E-state index in [0.717, 1.165) is 34.6 Å². The molecule has 0 amide bonds. The van der Waals surface area contributed by atoms with Crippen LogP contribution in [0.4, 0.5) is 0 Å². The van der Waals surface area contributed by atoms with E-state index in [1.54, 1.807) is 12.4 Å². The first kappa shape index (κ1) is 14.9. The van der Waals surface area contributed by atoms with Gasteiger partial charge in [-0.2, -0.15) is 8.75 Å². The Labute approximate surface area is 143 Å². The van der Waals surface area contributed by atoms with Crippen LogP contribution in [0.2, 0.25) is 0 Å². The summed E-state index contributed by atoms with van der Waals surface area (Å²) in [4.78, 5) is 6.28. The number of rotatable bonds is 5. The van der Waals surface area contributed by atoms with Gasteiger partial charge in [0.25, 0.3) is 0 Å². The molecule has 0 spiro atoms. The zero-order chi connectivity index (χ0) is 16.4. The molecule has 0 N–H and O–H groups in total. The van der Waals surface area contributed by atoms with E-state index in [1.165, 1.54) is 17.3 Å². The Kier molecular flexibility index (Phi) is 4.02. The van der Waals surface area contributed by atoms with E-state index in [9.17, 15) is 0 Å². The van der Waals surface area contributed by atoms with Gasteiger partial charge in [0.1, 0.15) is 16.7 Å². The smallest absolute Gasteiger partial charge is 0.151 e. The summed E-state index contributed by atoms with van der Waals surface area (Å²) in [5.41, 5.74) is 4.86. The molecule has 0 aliphatic carbocycles. The van der Waals surface area contributed by atoms with Gasteiger partial charge in [0.15, 0.2) is 5.76 Å². The lowest BCUT2D eigenvalue weighted by Gasteiger charge is -2.14. The van der Waals surface area contributed by atoms with Crippen molar-refractivity contribution in [3.63, 3.8) is 0 Å². The number of nitrogens with zero attached hydrogens (tertiary/aromatic N) is 5. The van der Waals surface area contributed by atoms with Crippen molar-refractivity contribution < 1.29 is 4.52 Å². The molecule has 7 heteroatoms. The summed E-state index contributed by atoms with van der Waals surface area (Å²) in [6.45, 7) is 1.48. The molecule has 1 aromatic carbocycles. The lowest BCUT2D eigenvalue weighted by molar-refractivity contribution is 0.267. The number of hydrogen-bond donors (Lipinski definition) is 0. The highest BCUT2D eigenvalue weighted by atomic mass is 32.1. The Morgan fingerprint density at radius 2 is 2.00 bits per heavy atom. The van der Waals surface area contributed by atoms with E-state index in [1.807, 2.05) is 24.3 Å². The van der Waals surface area contributed by atoms with Crippen LogP contribution in [0.25, 0.3) is 22.3 Å². The van der Waals surface area contributed by atoms with Gasteiger partial charge in [-0.1, -0.05) is 11.2 Å². The first-order valence-electron chi connectivity index (χ1n) is 7.54. The first-order chi connectivity index (χ1) is 11.8. The molecule has 0 unspecified atom stereocenters. The molecule has 6 nitrogen and oxygen atoms in total. The van der Waals surface area contributed by atoms with Gasteiger partial charge >= 0.3 is 0 Å². The molecule has 3 aromatic heterocycles. The van der Waals surface area contributed by atoms with E-state index >= 15 is 0 Å². The van der Waals surface area contributed by atoms with Crippen molar-refractivity contribution in [2.24, 2.45) is 0 Å². The highest BCUT2D eigenvalue weighted by Crippen LogP contribution is 2.19. The number of pyridine rings is 1. The van der Waals surface area contributed by atoms with Crippen molar-refractivity contribution in [1.29, 1.82) is 0 Å². The highest BCUT2D eigenvalue weighted by molar-refractivity contribution is 7.00. The van der Waals surface area contributed by atoms with Gasteiger partial charge in [-0.15, -0.1) is 0 Å². The molecule has 0 atom stereocenters. The SMILES string of the molecule is CN(Cc1ccc2nsnc2c1)Cc1cc(-c2cccnc2)no1. The Balaban J connectivity index is 1.44. The van der Waals surface area contributed by atoms with E-state index in [2.05, 4.69) is 43.0 Å². The minimum absolute atomic E-state index is 0.681. The number of hydrogen-bond acceptors (Lipinski definition) is 7. The summed E-state index contributed by atoms with van der Waals surface area (Å²) < 4.78 is 14.0. The zero-order valence-corrected chi connectivity index (χ0v) is 13.9. The topological polar surface area (TPSA) is 67.9 Å². The lowest BCUT2D eigenvalue weighted by Crippen LogP contribution is -2.16. The summed E-state index contributed by atoms with van der Waals surface area (Å²) in [6.07, 6.45) is 3.52.